The van der Waals surface area contributed by atoms with Crippen molar-refractivity contribution < 1.29 is 8.78 Å². The first-order valence-corrected chi connectivity index (χ1v) is 3.52. The summed E-state index contributed by atoms with van der Waals surface area (Å²) >= 11 is 0. The molecule has 0 aliphatic heterocycles. The summed E-state index contributed by atoms with van der Waals surface area (Å²) in [5, 5.41) is 8.30. The van der Waals surface area contributed by atoms with Gasteiger partial charge in [-0.2, -0.15) is 5.26 Å². The van der Waals surface area contributed by atoms with Crippen molar-refractivity contribution in [2.45, 2.75) is 12.8 Å². The number of aromatic amines is 1. The van der Waals surface area contributed by atoms with E-state index < -0.39 is 12.0 Å². The number of nitrogens with zero attached hydrogens (tertiary/aromatic N) is 1. The predicted octanol–water partition coefficient (Wildman–Crippen LogP) is 1.38. The van der Waals surface area contributed by atoms with Crippen molar-refractivity contribution in [2.75, 3.05) is 0 Å². The van der Waals surface area contributed by atoms with Gasteiger partial charge >= 0.3 is 0 Å². The number of nitriles is 1. The van der Waals surface area contributed by atoms with Crippen LogP contribution in [0.2, 0.25) is 0 Å². The average Bonchev–Trinajstić information content (AvgIpc) is 2.04. The molecule has 0 bridgehead atoms. The van der Waals surface area contributed by atoms with E-state index in [1.807, 2.05) is 0 Å². The number of H-pyrrole nitrogens is 1. The van der Waals surface area contributed by atoms with Gasteiger partial charge in [-0.15, -0.1) is 0 Å². The molecule has 0 saturated heterocycles. The topological polar surface area (TPSA) is 56.6 Å². The van der Waals surface area contributed by atoms with Gasteiger partial charge in [-0.3, -0.25) is 4.79 Å². The molecule has 0 spiro atoms. The molecule has 3 nitrogen and oxygen atoms in total. The van der Waals surface area contributed by atoms with Gasteiger partial charge in [0.1, 0.15) is 0 Å². The van der Waals surface area contributed by atoms with Gasteiger partial charge in [0.2, 0.25) is 5.56 Å². The van der Waals surface area contributed by atoms with Gasteiger partial charge in [0.25, 0.3) is 6.43 Å². The largest absolute Gasteiger partial charge is 0.325 e. The molecule has 0 aliphatic rings. The zero-order valence-electron chi connectivity index (χ0n) is 6.55. The van der Waals surface area contributed by atoms with Crippen LogP contribution in [0.15, 0.2) is 16.9 Å². The van der Waals surface area contributed by atoms with Gasteiger partial charge in [0, 0.05) is 17.3 Å². The Morgan fingerprint density at radius 2 is 2.23 bits per heavy atom. The molecule has 0 aromatic carbocycles. The Labute approximate surface area is 72.6 Å². The van der Waals surface area contributed by atoms with Crippen LogP contribution in [0, 0.1) is 11.3 Å². The highest BCUT2D eigenvalue weighted by atomic mass is 19.3. The van der Waals surface area contributed by atoms with Crippen LogP contribution < -0.4 is 5.56 Å². The molecule has 0 aliphatic carbocycles. The Morgan fingerprint density at radius 3 is 2.77 bits per heavy atom. The maximum atomic E-state index is 12.3. The summed E-state index contributed by atoms with van der Waals surface area (Å²) < 4.78 is 24.5. The van der Waals surface area contributed by atoms with E-state index in [1.54, 1.807) is 6.07 Å². The number of halogens is 2. The fraction of sp³-hybridized carbons (Fsp3) is 0.250. The van der Waals surface area contributed by atoms with E-state index in [-0.39, 0.29) is 17.7 Å². The van der Waals surface area contributed by atoms with E-state index in [2.05, 4.69) is 4.98 Å². The molecule has 0 unspecified atom stereocenters. The van der Waals surface area contributed by atoms with E-state index in [1.165, 1.54) is 0 Å². The normalized spacial score (nSPS) is 10.0. The second kappa shape index (κ2) is 3.81. The van der Waals surface area contributed by atoms with Crippen LogP contribution >= 0.6 is 0 Å². The lowest BCUT2D eigenvalue weighted by molar-refractivity contribution is 0.150. The second-order valence-corrected chi connectivity index (χ2v) is 2.39. The number of alkyl halides is 2. The Kier molecular flexibility index (Phi) is 2.75. The van der Waals surface area contributed by atoms with Crippen molar-refractivity contribution in [1.29, 1.82) is 5.26 Å². The lowest BCUT2D eigenvalue weighted by Gasteiger charge is -2.03. The molecule has 1 heterocycles. The summed E-state index contributed by atoms with van der Waals surface area (Å²) in [6.45, 7) is 0. The van der Waals surface area contributed by atoms with E-state index in [0.717, 1.165) is 12.1 Å². The third-order valence-electron chi connectivity index (χ3n) is 1.53. The van der Waals surface area contributed by atoms with Crippen LogP contribution in [0.3, 0.4) is 0 Å². The molecule has 1 aromatic rings. The highest BCUT2D eigenvalue weighted by molar-refractivity contribution is 5.23. The Morgan fingerprint density at radius 1 is 1.54 bits per heavy atom. The maximum absolute atomic E-state index is 12.3. The molecule has 0 radical (unpaired) electrons. The third-order valence-corrected chi connectivity index (χ3v) is 1.53. The number of pyridine rings is 1. The summed E-state index contributed by atoms with van der Waals surface area (Å²) in [7, 11) is 0. The van der Waals surface area contributed by atoms with Gasteiger partial charge in [0.15, 0.2) is 0 Å². The zero-order chi connectivity index (χ0) is 9.84. The molecule has 5 heteroatoms. The van der Waals surface area contributed by atoms with Gasteiger partial charge in [-0.25, -0.2) is 8.78 Å². The minimum absolute atomic E-state index is 0.00926. The number of hydrogen-bond acceptors (Lipinski definition) is 2. The molecular formula is C8H6F2N2O. The quantitative estimate of drug-likeness (QED) is 0.754. The smallest absolute Gasteiger partial charge is 0.265 e. The van der Waals surface area contributed by atoms with Crippen LogP contribution in [-0.4, -0.2) is 4.98 Å². The maximum Gasteiger partial charge on any atom is 0.265 e. The van der Waals surface area contributed by atoms with Crippen molar-refractivity contribution in [1.82, 2.24) is 4.98 Å². The molecule has 68 valence electrons. The van der Waals surface area contributed by atoms with Crippen LogP contribution in [0.25, 0.3) is 0 Å². The molecule has 13 heavy (non-hydrogen) atoms. The van der Waals surface area contributed by atoms with Crippen molar-refractivity contribution >= 4 is 0 Å². The van der Waals surface area contributed by atoms with Crippen molar-refractivity contribution in [3.05, 3.63) is 33.7 Å². The van der Waals surface area contributed by atoms with Crippen LogP contribution in [0.1, 0.15) is 17.7 Å². The minimum atomic E-state index is -2.67. The number of rotatable bonds is 2. The summed E-state index contributed by atoms with van der Waals surface area (Å²) in [5.41, 5.74) is -0.777. The lowest BCUT2D eigenvalue weighted by Crippen LogP contribution is -2.10. The third kappa shape index (κ3) is 2.12. The second-order valence-electron chi connectivity index (χ2n) is 2.39. The van der Waals surface area contributed by atoms with Crippen molar-refractivity contribution in [2.24, 2.45) is 0 Å². The van der Waals surface area contributed by atoms with Gasteiger partial charge in [0.05, 0.1) is 12.5 Å². The molecule has 0 fully saturated rings. The molecular weight excluding hydrogens is 178 g/mol. The molecule has 0 atom stereocenters. The zero-order valence-corrected chi connectivity index (χ0v) is 6.55. The molecule has 0 saturated carbocycles. The molecule has 1 rings (SSSR count). The van der Waals surface area contributed by atoms with E-state index in [4.69, 9.17) is 5.26 Å². The SMILES string of the molecule is N#CCc1[nH]c(=O)ccc1C(F)F. The van der Waals surface area contributed by atoms with Gasteiger partial charge < -0.3 is 4.98 Å². The first kappa shape index (κ1) is 9.39. The lowest BCUT2D eigenvalue weighted by atomic mass is 10.1. The monoisotopic (exact) mass is 184 g/mol. The number of hydrogen-bond donors (Lipinski definition) is 1. The van der Waals surface area contributed by atoms with Crippen LogP contribution in [0.4, 0.5) is 8.78 Å². The predicted molar refractivity (Wildman–Crippen MR) is 41.3 cm³/mol. The van der Waals surface area contributed by atoms with Crippen LogP contribution in [-0.2, 0) is 6.42 Å². The summed E-state index contributed by atoms with van der Waals surface area (Å²) in [6, 6.07) is 3.76. The first-order chi connectivity index (χ1) is 6.15. The van der Waals surface area contributed by atoms with E-state index in [0.29, 0.717) is 0 Å². The molecule has 0 amide bonds. The minimum Gasteiger partial charge on any atom is -0.325 e. The Hall–Kier alpha value is -1.70. The number of aromatic nitrogens is 1. The Bertz CT molecular complexity index is 392. The summed E-state index contributed by atoms with van der Waals surface area (Å²) in [4.78, 5) is 12.9. The summed E-state index contributed by atoms with van der Waals surface area (Å²) in [5.74, 6) is 0. The average molecular weight is 184 g/mol. The standard InChI is InChI=1S/C8H6F2N2O/c9-8(10)5-1-2-7(13)12-6(5)3-4-11/h1-2,8H,3H2,(H,12,13). The van der Waals surface area contributed by atoms with E-state index >= 15 is 0 Å². The van der Waals surface area contributed by atoms with Crippen molar-refractivity contribution in [3.63, 3.8) is 0 Å². The fourth-order valence-corrected chi connectivity index (χ4v) is 0.958. The Balaban J connectivity index is 3.20. The highest BCUT2D eigenvalue weighted by Crippen LogP contribution is 2.20. The highest BCUT2D eigenvalue weighted by Gasteiger charge is 2.12. The molecule has 1 N–H and O–H groups in total. The number of nitrogens with one attached hydrogen (secondary N) is 1. The van der Waals surface area contributed by atoms with Crippen LogP contribution in [0.5, 0.6) is 0 Å². The van der Waals surface area contributed by atoms with Gasteiger partial charge in [-0.05, 0) is 6.07 Å². The van der Waals surface area contributed by atoms with E-state index in [9.17, 15) is 13.6 Å². The molecule has 1 aromatic heterocycles. The van der Waals surface area contributed by atoms with Gasteiger partial charge in [-0.1, -0.05) is 0 Å². The first-order valence-electron chi connectivity index (χ1n) is 3.52. The summed E-state index contributed by atoms with van der Waals surface area (Å²) in [6.07, 6.45) is -2.88. The van der Waals surface area contributed by atoms with Crippen molar-refractivity contribution in [3.8, 4) is 6.07 Å². The fourth-order valence-electron chi connectivity index (χ4n) is 0.958.